The summed E-state index contributed by atoms with van der Waals surface area (Å²) in [7, 11) is 0. The number of hydrogen-bond acceptors (Lipinski definition) is 16. The second kappa shape index (κ2) is 39.6. The molecule has 0 saturated heterocycles. The molecule has 0 aliphatic heterocycles. The molecular weight excluding hydrogens is 1500 g/mol. The van der Waals surface area contributed by atoms with Gasteiger partial charge in [-0.05, 0) is 225 Å². The van der Waals surface area contributed by atoms with E-state index in [1.807, 2.05) is 161 Å². The molecule has 4 amide bonds. The Balaban J connectivity index is 0.000000131. The Bertz CT molecular complexity index is 5650. The Morgan fingerprint density at radius 1 is 0.358 bits per heavy atom. The van der Waals surface area contributed by atoms with Gasteiger partial charge in [0.05, 0.1) is 68.3 Å². The van der Waals surface area contributed by atoms with Crippen molar-refractivity contribution in [3.05, 3.63) is 284 Å². The molecule has 5 aliphatic rings. The van der Waals surface area contributed by atoms with E-state index < -0.39 is 0 Å². The Labute approximate surface area is 702 Å². The van der Waals surface area contributed by atoms with Gasteiger partial charge < -0.3 is 41.7 Å². The van der Waals surface area contributed by atoms with Crippen LogP contribution in [0.25, 0.3) is 45.0 Å². The molecule has 8 aromatic carbocycles. The number of aryl methyl sites for hydroxylation is 8. The normalized spacial score (nSPS) is 13.8. The number of nitrogens with zero attached hydrogens (tertiary/aromatic N) is 8. The molecule has 4 heterocycles. The van der Waals surface area contributed by atoms with Crippen molar-refractivity contribution in [2.24, 2.45) is 17.8 Å². The number of carbonyl (C=O) groups is 4. The van der Waals surface area contributed by atoms with Crippen LogP contribution in [0.1, 0.15) is 202 Å². The van der Waals surface area contributed by atoms with Gasteiger partial charge in [-0.15, -0.1) is 0 Å². The number of aromatic nitrogens is 8. The van der Waals surface area contributed by atoms with Crippen LogP contribution in [-0.2, 0) is 96.2 Å². The number of phenolic OH excluding ortho intramolecular Hbond substituents is 4. The molecule has 0 radical (unpaired) electrons. The van der Waals surface area contributed by atoms with Gasteiger partial charge in [0.15, 0.2) is 23.3 Å². The molecule has 17 rings (SSSR count). The molecule has 0 spiro atoms. The molecule has 1 unspecified atom stereocenters. The number of amides is 4. The molecule has 5 aliphatic carbocycles. The van der Waals surface area contributed by atoms with Crippen molar-refractivity contribution >= 4 is 46.9 Å². The lowest BCUT2D eigenvalue weighted by molar-refractivity contribution is -0.119. The molecule has 4 aromatic heterocycles. The number of rotatable bonds is 18. The van der Waals surface area contributed by atoms with Gasteiger partial charge in [-0.25, -0.2) is 39.9 Å². The Kier molecular flexibility index (Phi) is 27.6. The van der Waals surface area contributed by atoms with E-state index in [9.17, 15) is 39.6 Å². The van der Waals surface area contributed by atoms with Gasteiger partial charge in [0.1, 0.15) is 23.0 Å². The maximum atomic E-state index is 13.0. The molecule has 120 heavy (non-hydrogen) atoms. The van der Waals surface area contributed by atoms with E-state index in [2.05, 4.69) is 57.7 Å². The standard InChI is InChI=1S/C28H31N3O2.2C25H27N3O2.C22H21N3O2/c32-22-14-15-23-21(18-22)12-7-13-24-27(23)29-25(16-19-8-3-1-4-9-19)28(30-24)31-26(33)17-20-10-5-2-6-11-20;1-16(2)13-23(30)28-25-22(14-17-7-4-3-5-8-17)26-24-20-12-11-19(29)15-18(20)9-6-10-21(24)27-25;1-3-16(2)25(30)28-24-22(14-17-8-5-4-6-9-17)26-23-20-13-12-19(29)15-18(20)10-7-11-21(23)27-24;1-14(26)23-22-20(12-15-6-3-2-4-7-15)24-21-18-11-10-17(27)13-16(18)8-5-9-19(21)25-22/h1,3-4,8-9,14-15,18,20,32H,2,5-7,10-13,16-17H2,(H,30,31,33);3-5,7-8,11-12,15-16,29H,6,9-10,13-14H2,1-2H3,(H,27,28,30);4-6,8-9,12-13,15-16,29H,3,7,10-11,14H2,1-2H3,(H,27,28,30);2-4,6-7,10-11,13,27H,5,8-9,12H2,1H3,(H,23,25,26). The topological polar surface area (TPSA) is 300 Å². The maximum Gasteiger partial charge on any atom is 0.228 e. The number of anilines is 4. The lowest BCUT2D eigenvalue weighted by Crippen LogP contribution is -2.22. The van der Waals surface area contributed by atoms with Crippen LogP contribution in [0.3, 0.4) is 0 Å². The summed E-state index contributed by atoms with van der Waals surface area (Å²) in [4.78, 5) is 89.3. The second-order valence-electron chi connectivity index (χ2n) is 32.6. The Hall–Kier alpha value is -12.8. The zero-order chi connectivity index (χ0) is 83.6. The predicted octanol–water partition coefficient (Wildman–Crippen LogP) is 19.6. The van der Waals surface area contributed by atoms with Gasteiger partial charge in [0.2, 0.25) is 23.6 Å². The monoisotopic (exact) mass is 1600 g/mol. The fourth-order valence-corrected chi connectivity index (χ4v) is 16.5. The van der Waals surface area contributed by atoms with Crippen LogP contribution in [0.4, 0.5) is 23.3 Å². The summed E-state index contributed by atoms with van der Waals surface area (Å²) in [5.41, 5.74) is 23.0. The molecule has 12 aromatic rings. The van der Waals surface area contributed by atoms with Crippen LogP contribution in [0.2, 0.25) is 0 Å². The quantitative estimate of drug-likeness (QED) is 0.0396. The number of hydrogen-bond donors (Lipinski definition) is 8. The van der Waals surface area contributed by atoms with Crippen molar-refractivity contribution in [1.29, 1.82) is 0 Å². The Morgan fingerprint density at radius 3 is 0.958 bits per heavy atom. The van der Waals surface area contributed by atoms with E-state index in [0.29, 0.717) is 67.7 Å². The molecule has 1 saturated carbocycles. The molecule has 1 atom stereocenters. The first-order valence-corrected chi connectivity index (χ1v) is 42.5. The van der Waals surface area contributed by atoms with Crippen molar-refractivity contribution < 1.29 is 39.6 Å². The van der Waals surface area contributed by atoms with Crippen molar-refractivity contribution in [1.82, 2.24) is 39.9 Å². The first-order valence-electron chi connectivity index (χ1n) is 42.5. The lowest BCUT2D eigenvalue weighted by Gasteiger charge is -2.21. The molecular formula is C100H106N12O8. The van der Waals surface area contributed by atoms with E-state index in [1.54, 1.807) is 24.3 Å². The Morgan fingerprint density at radius 2 is 0.658 bits per heavy atom. The average molecular weight is 1600 g/mol. The summed E-state index contributed by atoms with van der Waals surface area (Å²) in [6.07, 6.45) is 20.5. The lowest BCUT2D eigenvalue weighted by atomic mass is 9.87. The molecule has 1 fully saturated rings. The van der Waals surface area contributed by atoms with Gasteiger partial charge in [-0.3, -0.25) is 19.2 Å². The van der Waals surface area contributed by atoms with Crippen LogP contribution in [0.15, 0.2) is 194 Å². The number of nitrogens with one attached hydrogen (secondary N) is 4. The van der Waals surface area contributed by atoms with E-state index in [0.717, 1.165) is 231 Å². The van der Waals surface area contributed by atoms with E-state index in [1.165, 1.54) is 26.2 Å². The van der Waals surface area contributed by atoms with Gasteiger partial charge in [0.25, 0.3) is 0 Å². The van der Waals surface area contributed by atoms with Crippen molar-refractivity contribution in [3.63, 3.8) is 0 Å². The zero-order valence-electron chi connectivity index (χ0n) is 69.2. The van der Waals surface area contributed by atoms with Crippen molar-refractivity contribution in [3.8, 4) is 68.0 Å². The first-order chi connectivity index (χ1) is 58.3. The molecule has 20 nitrogen and oxygen atoms in total. The highest BCUT2D eigenvalue weighted by Crippen LogP contribution is 2.40. The summed E-state index contributed by atoms with van der Waals surface area (Å²) in [6.45, 7) is 9.47. The molecule has 8 N–H and O–H groups in total. The van der Waals surface area contributed by atoms with Crippen LogP contribution in [0, 0.1) is 17.8 Å². The second-order valence-corrected chi connectivity index (χ2v) is 32.6. The van der Waals surface area contributed by atoms with E-state index >= 15 is 0 Å². The summed E-state index contributed by atoms with van der Waals surface area (Å²) in [6, 6.07) is 62.2. The molecule has 0 bridgehead atoms. The average Bonchev–Trinajstić information content (AvgIpc) is 1.50. The highest BCUT2D eigenvalue weighted by atomic mass is 16.3. The van der Waals surface area contributed by atoms with Gasteiger partial charge in [0, 0.05) is 73.6 Å². The summed E-state index contributed by atoms with van der Waals surface area (Å²) >= 11 is 0. The summed E-state index contributed by atoms with van der Waals surface area (Å²) in [5.74, 6) is 3.84. The number of phenols is 4. The van der Waals surface area contributed by atoms with Crippen LogP contribution >= 0.6 is 0 Å². The van der Waals surface area contributed by atoms with Crippen LogP contribution in [0.5, 0.6) is 23.0 Å². The van der Waals surface area contributed by atoms with E-state index in [4.69, 9.17) is 39.9 Å². The molecule has 20 heteroatoms. The zero-order valence-corrected chi connectivity index (χ0v) is 69.2. The minimum absolute atomic E-state index is 0.0278. The third-order valence-electron chi connectivity index (χ3n) is 22.7. The first kappa shape index (κ1) is 83.6. The minimum Gasteiger partial charge on any atom is -0.508 e. The number of aromatic hydroxyl groups is 4. The van der Waals surface area contributed by atoms with E-state index in [-0.39, 0.29) is 58.5 Å². The maximum absolute atomic E-state index is 13.0. The SMILES string of the molecule is CC(=O)Nc1nc2c(nc1Cc1ccccc1)-c1ccc(O)cc1CCC2.CC(C)CC(=O)Nc1nc2c(nc1Cc1ccccc1)-c1ccc(O)cc1CCC2.CCC(C)C(=O)Nc1nc2c(nc1Cc1ccccc1)-c1ccc(O)cc1CCC2.O=C(CC1CCCCC1)Nc1nc2c(nc1Cc1ccccc1)-c1ccc(O)cc1CCC2. The van der Waals surface area contributed by atoms with Crippen molar-refractivity contribution in [2.45, 2.75) is 189 Å². The summed E-state index contributed by atoms with van der Waals surface area (Å²) < 4.78 is 0. The van der Waals surface area contributed by atoms with Gasteiger partial charge in [-0.1, -0.05) is 168 Å². The predicted molar refractivity (Wildman–Crippen MR) is 472 cm³/mol. The molecule has 614 valence electrons. The van der Waals surface area contributed by atoms with Crippen molar-refractivity contribution in [2.75, 3.05) is 21.3 Å². The number of benzene rings is 8. The highest BCUT2D eigenvalue weighted by Gasteiger charge is 2.29. The summed E-state index contributed by atoms with van der Waals surface area (Å²) in [5, 5.41) is 51.7. The fraction of sp³-hybridized carbons (Fsp3) is 0.320. The minimum atomic E-state index is -0.155. The fourth-order valence-electron chi connectivity index (χ4n) is 16.5. The van der Waals surface area contributed by atoms with Crippen LogP contribution in [-0.4, -0.2) is 83.9 Å². The van der Waals surface area contributed by atoms with Gasteiger partial charge >= 0.3 is 0 Å². The van der Waals surface area contributed by atoms with Gasteiger partial charge in [-0.2, -0.15) is 0 Å². The third kappa shape index (κ3) is 21.7. The number of carbonyl (C=O) groups excluding carboxylic acids is 4. The van der Waals surface area contributed by atoms with Crippen LogP contribution < -0.4 is 21.3 Å². The highest BCUT2D eigenvalue weighted by molar-refractivity contribution is 5.93. The smallest absolute Gasteiger partial charge is 0.228 e. The largest absolute Gasteiger partial charge is 0.508 e. The number of fused-ring (bicyclic) bond motifs is 12. The third-order valence-corrected chi connectivity index (χ3v) is 22.7.